The molecule has 1 fully saturated rings. The van der Waals surface area contributed by atoms with E-state index < -0.39 is 0 Å². The molecule has 3 rings (SSSR count). The van der Waals surface area contributed by atoms with Gasteiger partial charge in [-0.3, -0.25) is 4.90 Å². The predicted octanol–water partition coefficient (Wildman–Crippen LogP) is 4.05. The lowest BCUT2D eigenvalue weighted by Gasteiger charge is -2.25. The van der Waals surface area contributed by atoms with Crippen molar-refractivity contribution in [3.8, 4) is 5.75 Å². The maximum Gasteiger partial charge on any atom is 0.173 e. The minimum absolute atomic E-state index is 0.646. The van der Waals surface area contributed by atoms with Crippen molar-refractivity contribution in [2.75, 3.05) is 38.1 Å². The first-order chi connectivity index (χ1) is 12.3. The largest absolute Gasteiger partial charge is 0.492 e. The molecule has 1 aliphatic heterocycles. The van der Waals surface area contributed by atoms with Gasteiger partial charge in [-0.25, -0.2) is 0 Å². The number of nitrogens with zero attached hydrogens (tertiary/aromatic N) is 2. The molecule has 0 radical (unpaired) electrons. The van der Waals surface area contributed by atoms with Crippen LogP contribution < -0.4 is 10.1 Å². The van der Waals surface area contributed by atoms with Crippen molar-refractivity contribution in [2.45, 2.75) is 19.9 Å². The summed E-state index contributed by atoms with van der Waals surface area (Å²) in [5.41, 5.74) is 2.35. The Balaban J connectivity index is 1.56. The van der Waals surface area contributed by atoms with Crippen molar-refractivity contribution in [3.63, 3.8) is 0 Å². The highest BCUT2D eigenvalue weighted by molar-refractivity contribution is 7.80. The zero-order chi connectivity index (χ0) is 17.5. The van der Waals surface area contributed by atoms with E-state index in [-0.39, 0.29) is 0 Å². The molecule has 0 spiro atoms. The average molecular weight is 376 g/mol. The van der Waals surface area contributed by atoms with E-state index in [1.807, 2.05) is 31.2 Å². The van der Waals surface area contributed by atoms with Gasteiger partial charge in [0, 0.05) is 32.7 Å². The Morgan fingerprint density at radius 3 is 2.88 bits per heavy atom. The summed E-state index contributed by atoms with van der Waals surface area (Å²) >= 11 is 7.42. The van der Waals surface area contributed by atoms with E-state index in [1.165, 1.54) is 5.56 Å². The Morgan fingerprint density at radius 2 is 2.08 bits per heavy atom. The highest BCUT2D eigenvalue weighted by atomic mass is 32.1. The zero-order valence-corrected chi connectivity index (χ0v) is 16.2. The number of thiocarbonyl (C=S) groups is 1. The maximum absolute atomic E-state index is 5.68. The van der Waals surface area contributed by atoms with Crippen molar-refractivity contribution in [3.05, 3.63) is 46.7 Å². The molecule has 1 N–H and O–H groups in total. The molecule has 25 heavy (non-hydrogen) atoms. The number of benzene rings is 1. The molecule has 134 valence electrons. The molecule has 0 atom stereocenters. The van der Waals surface area contributed by atoms with Crippen molar-refractivity contribution < 1.29 is 4.74 Å². The van der Waals surface area contributed by atoms with Gasteiger partial charge in [-0.15, -0.1) is 0 Å². The zero-order valence-electron chi connectivity index (χ0n) is 14.6. The molecule has 1 aliphatic rings. The van der Waals surface area contributed by atoms with Crippen molar-refractivity contribution in [1.29, 1.82) is 0 Å². The van der Waals surface area contributed by atoms with Gasteiger partial charge in [-0.2, -0.15) is 11.3 Å². The van der Waals surface area contributed by atoms with Crippen molar-refractivity contribution in [2.24, 2.45) is 0 Å². The first kappa shape index (κ1) is 18.2. The van der Waals surface area contributed by atoms with E-state index in [1.54, 1.807) is 11.3 Å². The summed E-state index contributed by atoms with van der Waals surface area (Å²) in [6, 6.07) is 10.2. The lowest BCUT2D eigenvalue weighted by atomic mass is 10.3. The quantitative estimate of drug-likeness (QED) is 0.796. The Bertz CT molecular complexity index is 675. The van der Waals surface area contributed by atoms with E-state index in [4.69, 9.17) is 17.0 Å². The van der Waals surface area contributed by atoms with Gasteiger partial charge in [0.05, 0.1) is 12.3 Å². The summed E-state index contributed by atoms with van der Waals surface area (Å²) in [6.07, 6.45) is 1.12. The molecule has 4 nitrogen and oxygen atoms in total. The third-order valence-electron chi connectivity index (χ3n) is 4.29. The third kappa shape index (κ3) is 5.17. The fourth-order valence-corrected chi connectivity index (χ4v) is 3.97. The molecule has 2 heterocycles. The van der Waals surface area contributed by atoms with Crippen LogP contribution in [0.15, 0.2) is 41.1 Å². The summed E-state index contributed by atoms with van der Waals surface area (Å²) in [5, 5.41) is 8.53. The molecule has 6 heteroatoms. The molecular weight excluding hydrogens is 350 g/mol. The summed E-state index contributed by atoms with van der Waals surface area (Å²) < 4.78 is 5.68. The second-order valence-electron chi connectivity index (χ2n) is 6.11. The summed E-state index contributed by atoms with van der Waals surface area (Å²) in [7, 11) is 0. The summed E-state index contributed by atoms with van der Waals surface area (Å²) in [4.78, 5) is 4.78. The van der Waals surface area contributed by atoms with Crippen LogP contribution in [0.1, 0.15) is 18.9 Å². The van der Waals surface area contributed by atoms with Crippen LogP contribution in [-0.4, -0.2) is 47.7 Å². The van der Waals surface area contributed by atoms with E-state index >= 15 is 0 Å². The number of para-hydroxylation sites is 2. The molecule has 1 aromatic heterocycles. The molecule has 0 unspecified atom stereocenters. The Labute approximate surface area is 159 Å². The number of hydrogen-bond acceptors (Lipinski definition) is 4. The monoisotopic (exact) mass is 375 g/mol. The van der Waals surface area contributed by atoms with Crippen LogP contribution >= 0.6 is 23.6 Å². The second-order valence-corrected chi connectivity index (χ2v) is 7.27. The van der Waals surface area contributed by atoms with Crippen LogP contribution in [0, 0.1) is 0 Å². The predicted molar refractivity (Wildman–Crippen MR) is 110 cm³/mol. The van der Waals surface area contributed by atoms with Gasteiger partial charge >= 0.3 is 0 Å². The number of hydrogen-bond donors (Lipinski definition) is 1. The van der Waals surface area contributed by atoms with Crippen LogP contribution in [-0.2, 0) is 6.54 Å². The van der Waals surface area contributed by atoms with Crippen molar-refractivity contribution >= 4 is 34.4 Å². The minimum Gasteiger partial charge on any atom is -0.492 e. The minimum atomic E-state index is 0.646. The van der Waals surface area contributed by atoms with E-state index in [0.29, 0.717) is 6.61 Å². The SMILES string of the molecule is CCOc1ccccc1NC(=S)N1CCCN(Cc2ccsc2)CC1. The number of nitrogens with one attached hydrogen (secondary N) is 1. The average Bonchev–Trinajstić information content (AvgIpc) is 3.01. The standard InChI is InChI=1S/C19H25N3OS2/c1-2-23-18-7-4-3-6-17(18)20-19(24)22-10-5-9-21(11-12-22)14-16-8-13-25-15-16/h3-4,6-8,13,15H,2,5,9-12,14H2,1H3,(H,20,24). The summed E-state index contributed by atoms with van der Waals surface area (Å²) in [6.45, 7) is 7.76. The van der Waals surface area contributed by atoms with Crippen LogP contribution in [0.2, 0.25) is 0 Å². The van der Waals surface area contributed by atoms with Crippen LogP contribution in [0.25, 0.3) is 0 Å². The van der Waals surface area contributed by atoms with Gasteiger partial charge < -0.3 is 15.0 Å². The normalized spacial score (nSPS) is 15.6. The van der Waals surface area contributed by atoms with E-state index in [2.05, 4.69) is 31.9 Å². The Hall–Kier alpha value is -1.63. The van der Waals surface area contributed by atoms with Crippen LogP contribution in [0.3, 0.4) is 0 Å². The molecule has 0 bridgehead atoms. The third-order valence-corrected chi connectivity index (χ3v) is 5.38. The van der Waals surface area contributed by atoms with Crippen LogP contribution in [0.4, 0.5) is 5.69 Å². The van der Waals surface area contributed by atoms with Gasteiger partial charge in [0.2, 0.25) is 0 Å². The smallest absolute Gasteiger partial charge is 0.173 e. The molecule has 1 aromatic carbocycles. The first-order valence-corrected chi connectivity index (χ1v) is 10.1. The number of rotatable bonds is 5. The lowest BCUT2D eigenvalue weighted by molar-refractivity contribution is 0.278. The lowest BCUT2D eigenvalue weighted by Crippen LogP contribution is -2.37. The molecule has 0 aliphatic carbocycles. The number of anilines is 1. The second kappa shape index (κ2) is 9.17. The summed E-state index contributed by atoms with van der Waals surface area (Å²) in [5.74, 6) is 0.848. The van der Waals surface area contributed by atoms with Gasteiger partial charge in [0.25, 0.3) is 0 Å². The van der Waals surface area contributed by atoms with Crippen molar-refractivity contribution in [1.82, 2.24) is 9.80 Å². The fraction of sp³-hybridized carbons (Fsp3) is 0.421. The van der Waals surface area contributed by atoms with Gasteiger partial charge in [0.1, 0.15) is 5.75 Å². The Kier molecular flexibility index (Phi) is 6.67. The molecule has 2 aromatic rings. The molecule has 0 amide bonds. The van der Waals surface area contributed by atoms with Gasteiger partial charge in [-0.1, -0.05) is 12.1 Å². The molecule has 0 saturated carbocycles. The number of ether oxygens (including phenoxy) is 1. The first-order valence-electron chi connectivity index (χ1n) is 8.77. The Morgan fingerprint density at radius 1 is 1.20 bits per heavy atom. The topological polar surface area (TPSA) is 27.7 Å². The molecule has 1 saturated heterocycles. The molecular formula is C19H25N3OS2. The van der Waals surface area contributed by atoms with Gasteiger partial charge in [-0.05, 0) is 60.1 Å². The van der Waals surface area contributed by atoms with E-state index in [0.717, 1.165) is 55.7 Å². The maximum atomic E-state index is 5.68. The number of thiophene rings is 1. The van der Waals surface area contributed by atoms with Gasteiger partial charge in [0.15, 0.2) is 5.11 Å². The van der Waals surface area contributed by atoms with E-state index in [9.17, 15) is 0 Å². The fourth-order valence-electron chi connectivity index (χ4n) is 3.02. The van der Waals surface area contributed by atoms with Crippen LogP contribution in [0.5, 0.6) is 5.75 Å². The highest BCUT2D eigenvalue weighted by Gasteiger charge is 2.18. The highest BCUT2D eigenvalue weighted by Crippen LogP contribution is 2.24.